The summed E-state index contributed by atoms with van der Waals surface area (Å²) >= 11 is 5.98. The molecule has 2 aromatic carbocycles. The maximum Gasteiger partial charge on any atom is 0.272 e. The molecule has 2 aromatic rings. The first-order valence-corrected chi connectivity index (χ1v) is 10.6. The molecule has 1 aliphatic carbocycles. The van der Waals surface area contributed by atoms with Crippen molar-refractivity contribution in [1.82, 2.24) is 5.32 Å². The number of benzene rings is 2. The summed E-state index contributed by atoms with van der Waals surface area (Å²) < 4.78 is 0. The number of nitro groups is 1. The van der Waals surface area contributed by atoms with Gasteiger partial charge < -0.3 is 10.6 Å². The highest BCUT2D eigenvalue weighted by atomic mass is 35.5. The number of hydrogen-bond donors (Lipinski definition) is 2. The lowest BCUT2D eigenvalue weighted by molar-refractivity contribution is -0.384. The van der Waals surface area contributed by atoms with E-state index in [1.54, 1.807) is 24.3 Å². The summed E-state index contributed by atoms with van der Waals surface area (Å²) in [6, 6.07) is 11.0. The summed E-state index contributed by atoms with van der Waals surface area (Å²) in [5, 5.41) is 17.2. The Morgan fingerprint density at radius 1 is 1.13 bits per heavy atom. The summed E-state index contributed by atoms with van der Waals surface area (Å²) in [6.07, 6.45) is 6.10. The average Bonchev–Trinajstić information content (AvgIpc) is 2.76. The molecule has 1 fully saturated rings. The first-order chi connectivity index (χ1) is 14.8. The number of nitrogens with one attached hydrogen (secondary N) is 2. The fraction of sp³-hybridized carbons (Fsp3) is 0.304. The Kier molecular flexibility index (Phi) is 7.41. The van der Waals surface area contributed by atoms with E-state index in [0.29, 0.717) is 16.3 Å². The zero-order valence-corrected chi connectivity index (χ0v) is 17.9. The minimum atomic E-state index is -0.513. The van der Waals surface area contributed by atoms with Crippen LogP contribution in [0.1, 0.15) is 43.2 Å². The van der Waals surface area contributed by atoms with Gasteiger partial charge in [-0.2, -0.15) is 0 Å². The van der Waals surface area contributed by atoms with E-state index in [1.807, 2.05) is 6.92 Å². The van der Waals surface area contributed by atoms with Crippen LogP contribution in [0.15, 0.2) is 48.2 Å². The van der Waals surface area contributed by atoms with Gasteiger partial charge in [-0.15, -0.1) is 0 Å². The van der Waals surface area contributed by atoms with Crippen LogP contribution in [0, 0.1) is 23.0 Å². The second kappa shape index (κ2) is 10.2. The number of nitrogens with zero attached hydrogens (tertiary/aromatic N) is 1. The van der Waals surface area contributed by atoms with Crippen LogP contribution < -0.4 is 10.6 Å². The number of anilines is 1. The minimum Gasteiger partial charge on any atom is -0.321 e. The maximum atomic E-state index is 13.0. The molecule has 1 saturated carbocycles. The van der Waals surface area contributed by atoms with E-state index in [1.165, 1.54) is 24.3 Å². The second-order valence-electron chi connectivity index (χ2n) is 7.65. The first kappa shape index (κ1) is 22.5. The molecule has 2 amide bonds. The SMILES string of the molecule is Cc1cc(Cl)ccc1NC(=O)C(=Cc1cccc([N+](=O)[O-])c1)NC(=O)C1CCCCC1. The van der Waals surface area contributed by atoms with Crippen LogP contribution in [-0.2, 0) is 9.59 Å². The molecule has 3 rings (SSSR count). The Bertz CT molecular complexity index is 1030. The number of nitro benzene ring substituents is 1. The van der Waals surface area contributed by atoms with Gasteiger partial charge in [0.05, 0.1) is 4.92 Å². The van der Waals surface area contributed by atoms with E-state index in [2.05, 4.69) is 10.6 Å². The minimum absolute atomic E-state index is 0.0328. The average molecular weight is 442 g/mol. The lowest BCUT2D eigenvalue weighted by atomic mass is 9.88. The van der Waals surface area contributed by atoms with E-state index < -0.39 is 10.8 Å². The molecule has 7 nitrogen and oxygen atoms in total. The van der Waals surface area contributed by atoms with Gasteiger partial charge in [0.2, 0.25) is 5.91 Å². The molecule has 2 N–H and O–H groups in total. The predicted molar refractivity (Wildman–Crippen MR) is 121 cm³/mol. The number of carbonyl (C=O) groups is 2. The van der Waals surface area contributed by atoms with E-state index in [4.69, 9.17) is 11.6 Å². The van der Waals surface area contributed by atoms with Crippen molar-refractivity contribution in [1.29, 1.82) is 0 Å². The monoisotopic (exact) mass is 441 g/mol. The van der Waals surface area contributed by atoms with E-state index >= 15 is 0 Å². The van der Waals surface area contributed by atoms with E-state index in [9.17, 15) is 19.7 Å². The van der Waals surface area contributed by atoms with Crippen LogP contribution in [0.25, 0.3) is 6.08 Å². The van der Waals surface area contributed by atoms with Gasteiger partial charge in [-0.25, -0.2) is 0 Å². The normalized spacial score (nSPS) is 14.7. The van der Waals surface area contributed by atoms with E-state index in [-0.39, 0.29) is 23.2 Å². The fourth-order valence-corrected chi connectivity index (χ4v) is 3.84. The summed E-state index contributed by atoms with van der Waals surface area (Å²) in [6.45, 7) is 1.81. The summed E-state index contributed by atoms with van der Waals surface area (Å²) in [5.74, 6) is -0.868. The highest BCUT2D eigenvalue weighted by Gasteiger charge is 2.24. The number of hydrogen-bond acceptors (Lipinski definition) is 4. The van der Waals surface area contributed by atoms with Crippen LogP contribution in [0.2, 0.25) is 5.02 Å². The molecule has 0 aromatic heterocycles. The van der Waals surface area contributed by atoms with Crippen molar-refractivity contribution >= 4 is 40.9 Å². The van der Waals surface area contributed by atoms with E-state index in [0.717, 1.165) is 37.7 Å². The highest BCUT2D eigenvalue weighted by molar-refractivity contribution is 6.30. The van der Waals surface area contributed by atoms with Crippen molar-refractivity contribution in [2.24, 2.45) is 5.92 Å². The summed E-state index contributed by atoms with van der Waals surface area (Å²) in [5.41, 5.74) is 1.71. The van der Waals surface area contributed by atoms with Gasteiger partial charge in [0.25, 0.3) is 11.6 Å². The van der Waals surface area contributed by atoms with Crippen LogP contribution >= 0.6 is 11.6 Å². The van der Waals surface area contributed by atoms with Gasteiger partial charge in [-0.05, 0) is 55.2 Å². The summed E-state index contributed by atoms with van der Waals surface area (Å²) in [4.78, 5) is 36.4. The number of halogens is 1. The molecule has 0 saturated heterocycles. The summed E-state index contributed by atoms with van der Waals surface area (Å²) in [7, 11) is 0. The Balaban J connectivity index is 1.88. The van der Waals surface area contributed by atoms with Gasteiger partial charge in [0.15, 0.2) is 0 Å². The molecule has 8 heteroatoms. The molecule has 0 radical (unpaired) electrons. The Morgan fingerprint density at radius 2 is 1.87 bits per heavy atom. The molecular formula is C23H24ClN3O4. The molecule has 0 heterocycles. The molecular weight excluding hydrogens is 418 g/mol. The number of carbonyl (C=O) groups excluding carboxylic acids is 2. The molecule has 0 atom stereocenters. The molecule has 31 heavy (non-hydrogen) atoms. The lowest BCUT2D eigenvalue weighted by Crippen LogP contribution is -2.35. The third-order valence-corrected chi connectivity index (χ3v) is 5.54. The van der Waals surface area contributed by atoms with Crippen molar-refractivity contribution in [2.45, 2.75) is 39.0 Å². The molecule has 162 valence electrons. The van der Waals surface area contributed by atoms with Crippen molar-refractivity contribution < 1.29 is 14.5 Å². The highest BCUT2D eigenvalue weighted by Crippen LogP contribution is 2.25. The van der Waals surface area contributed by atoms with Crippen LogP contribution in [0.5, 0.6) is 0 Å². The van der Waals surface area contributed by atoms with Gasteiger partial charge >= 0.3 is 0 Å². The molecule has 0 bridgehead atoms. The number of rotatable bonds is 6. The number of amides is 2. The van der Waals surface area contributed by atoms with Gasteiger partial charge in [-0.1, -0.05) is 43.0 Å². The zero-order valence-electron chi connectivity index (χ0n) is 17.2. The predicted octanol–water partition coefficient (Wildman–Crippen LogP) is 5.23. The van der Waals surface area contributed by atoms with Crippen LogP contribution in [0.3, 0.4) is 0 Å². The van der Waals surface area contributed by atoms with Crippen LogP contribution in [0.4, 0.5) is 11.4 Å². The largest absolute Gasteiger partial charge is 0.321 e. The number of aryl methyl sites for hydroxylation is 1. The Morgan fingerprint density at radius 3 is 2.55 bits per heavy atom. The van der Waals surface area contributed by atoms with Crippen molar-refractivity contribution in [3.05, 3.63) is 74.4 Å². The second-order valence-corrected chi connectivity index (χ2v) is 8.08. The topological polar surface area (TPSA) is 101 Å². The standard InChI is InChI=1S/C23H24ClN3O4/c1-15-12-18(24)10-11-20(15)25-23(29)21(26-22(28)17-7-3-2-4-8-17)14-16-6-5-9-19(13-16)27(30)31/h5-6,9-14,17H,2-4,7-8H2,1H3,(H,25,29)(H,26,28). The Hall–Kier alpha value is -3.19. The zero-order chi connectivity index (χ0) is 22.4. The van der Waals surface area contributed by atoms with Gasteiger partial charge in [-0.3, -0.25) is 19.7 Å². The number of non-ortho nitro benzene ring substituents is 1. The third-order valence-electron chi connectivity index (χ3n) is 5.31. The smallest absolute Gasteiger partial charge is 0.272 e. The molecule has 0 spiro atoms. The van der Waals surface area contributed by atoms with Gasteiger partial charge in [0, 0.05) is 28.8 Å². The maximum absolute atomic E-state index is 13.0. The fourth-order valence-electron chi connectivity index (χ4n) is 3.61. The van der Waals surface area contributed by atoms with Crippen molar-refractivity contribution in [2.75, 3.05) is 5.32 Å². The third kappa shape index (κ3) is 6.15. The molecule has 0 unspecified atom stereocenters. The quantitative estimate of drug-likeness (QED) is 0.364. The van der Waals surface area contributed by atoms with Crippen LogP contribution in [-0.4, -0.2) is 16.7 Å². The molecule has 0 aliphatic heterocycles. The van der Waals surface area contributed by atoms with Crippen molar-refractivity contribution in [3.8, 4) is 0 Å². The lowest BCUT2D eigenvalue weighted by Gasteiger charge is -2.21. The molecule has 1 aliphatic rings. The first-order valence-electron chi connectivity index (χ1n) is 10.2. The van der Waals surface area contributed by atoms with Gasteiger partial charge in [0.1, 0.15) is 5.70 Å². The van der Waals surface area contributed by atoms with Crippen molar-refractivity contribution in [3.63, 3.8) is 0 Å². The Labute approximate surface area is 185 Å².